The van der Waals surface area contributed by atoms with Crippen molar-refractivity contribution in [1.82, 2.24) is 0 Å². The van der Waals surface area contributed by atoms with Gasteiger partial charge in [0.15, 0.2) is 0 Å². The molecule has 0 fully saturated rings. The molecule has 20 heavy (non-hydrogen) atoms. The summed E-state index contributed by atoms with van der Waals surface area (Å²) in [7, 11) is 0. The van der Waals surface area contributed by atoms with Crippen molar-refractivity contribution in [3.8, 4) is 11.1 Å². The van der Waals surface area contributed by atoms with Gasteiger partial charge in [-0.1, -0.05) is 55.5 Å². The van der Waals surface area contributed by atoms with E-state index in [1.165, 1.54) is 16.7 Å². The molecule has 0 bridgehead atoms. The molecule has 0 spiro atoms. The van der Waals surface area contributed by atoms with E-state index in [1.807, 2.05) is 12.1 Å². The van der Waals surface area contributed by atoms with Crippen LogP contribution in [0.25, 0.3) is 11.1 Å². The molecule has 0 aliphatic carbocycles. The van der Waals surface area contributed by atoms with Crippen molar-refractivity contribution in [2.75, 3.05) is 0 Å². The largest absolute Gasteiger partial charge is 0.369 e. The van der Waals surface area contributed by atoms with E-state index in [9.17, 15) is 0 Å². The van der Waals surface area contributed by atoms with E-state index in [0.717, 1.165) is 12.0 Å². The number of nitrogens with two attached hydrogens (primary N) is 2. The maximum absolute atomic E-state index is 5.19. The first kappa shape index (κ1) is 13.8. The minimum absolute atomic E-state index is 0.0473. The topological polar surface area (TPSA) is 76.8 Å². The van der Waals surface area contributed by atoms with Gasteiger partial charge in [-0.2, -0.15) is 5.10 Å². The number of aryl methyl sites for hydroxylation is 1. The average molecular weight is 266 g/mol. The molecule has 0 unspecified atom stereocenters. The van der Waals surface area contributed by atoms with E-state index < -0.39 is 0 Å². The van der Waals surface area contributed by atoms with E-state index in [-0.39, 0.29) is 5.96 Å². The van der Waals surface area contributed by atoms with Crippen LogP contribution in [0.15, 0.2) is 58.7 Å². The number of nitrogens with zero attached hydrogens (tertiary/aromatic N) is 2. The monoisotopic (exact) mass is 266 g/mol. The van der Waals surface area contributed by atoms with Crippen molar-refractivity contribution < 1.29 is 0 Å². The quantitative estimate of drug-likeness (QED) is 0.507. The first-order valence-electron chi connectivity index (χ1n) is 6.50. The van der Waals surface area contributed by atoms with E-state index in [1.54, 1.807) is 6.21 Å². The minimum atomic E-state index is -0.0473. The molecule has 0 aromatic heterocycles. The number of hydrogen-bond donors (Lipinski definition) is 2. The Hall–Kier alpha value is -2.62. The molecule has 2 aromatic carbocycles. The Bertz CT molecular complexity index is 606. The summed E-state index contributed by atoms with van der Waals surface area (Å²) in [4.78, 5) is 0. The summed E-state index contributed by atoms with van der Waals surface area (Å²) in [6, 6.07) is 16.7. The van der Waals surface area contributed by atoms with E-state index in [2.05, 4.69) is 53.5 Å². The lowest BCUT2D eigenvalue weighted by Gasteiger charge is -2.03. The van der Waals surface area contributed by atoms with Crippen molar-refractivity contribution in [3.05, 3.63) is 59.7 Å². The molecule has 0 radical (unpaired) electrons. The molecule has 4 N–H and O–H groups in total. The molecule has 0 aliphatic rings. The fourth-order valence-electron chi connectivity index (χ4n) is 1.86. The Morgan fingerprint density at radius 3 is 2.00 bits per heavy atom. The first-order valence-corrected chi connectivity index (χ1v) is 6.50. The summed E-state index contributed by atoms with van der Waals surface area (Å²) in [6.07, 6.45) is 2.67. The summed E-state index contributed by atoms with van der Waals surface area (Å²) >= 11 is 0. The van der Waals surface area contributed by atoms with Gasteiger partial charge in [0, 0.05) is 0 Å². The van der Waals surface area contributed by atoms with Gasteiger partial charge < -0.3 is 11.5 Å². The van der Waals surface area contributed by atoms with Crippen LogP contribution in [0.1, 0.15) is 18.1 Å². The third-order valence-electron chi connectivity index (χ3n) is 2.99. The van der Waals surface area contributed by atoms with Crippen LogP contribution in [0.4, 0.5) is 0 Å². The lowest BCUT2D eigenvalue weighted by molar-refractivity contribution is 1.14. The van der Waals surface area contributed by atoms with Gasteiger partial charge in [0.25, 0.3) is 0 Å². The molecular formula is C16H18N4. The average Bonchev–Trinajstić information content (AvgIpc) is 2.48. The fourth-order valence-corrected chi connectivity index (χ4v) is 1.86. The van der Waals surface area contributed by atoms with E-state index in [0.29, 0.717) is 0 Å². The summed E-state index contributed by atoms with van der Waals surface area (Å²) < 4.78 is 0. The van der Waals surface area contributed by atoms with Crippen LogP contribution in [-0.4, -0.2) is 12.2 Å². The van der Waals surface area contributed by atoms with Crippen LogP contribution in [0.5, 0.6) is 0 Å². The highest BCUT2D eigenvalue weighted by molar-refractivity contribution is 5.82. The second-order valence-electron chi connectivity index (χ2n) is 4.44. The Morgan fingerprint density at radius 2 is 1.50 bits per heavy atom. The van der Waals surface area contributed by atoms with Crippen molar-refractivity contribution >= 4 is 12.2 Å². The molecule has 0 amide bonds. The van der Waals surface area contributed by atoms with Crippen LogP contribution in [-0.2, 0) is 6.42 Å². The van der Waals surface area contributed by atoms with Crippen LogP contribution < -0.4 is 11.5 Å². The Kier molecular flexibility index (Phi) is 4.50. The van der Waals surface area contributed by atoms with Crippen LogP contribution in [0.3, 0.4) is 0 Å². The van der Waals surface area contributed by atoms with Gasteiger partial charge in [-0.25, -0.2) is 0 Å². The summed E-state index contributed by atoms with van der Waals surface area (Å²) in [5.74, 6) is -0.0473. The molecule has 0 aliphatic heterocycles. The maximum atomic E-state index is 5.19. The highest BCUT2D eigenvalue weighted by atomic mass is 15.3. The normalized spacial score (nSPS) is 10.7. The van der Waals surface area contributed by atoms with Crippen molar-refractivity contribution in [1.29, 1.82) is 0 Å². The van der Waals surface area contributed by atoms with E-state index in [4.69, 9.17) is 11.5 Å². The molecule has 102 valence electrons. The first-order chi connectivity index (χ1) is 9.69. The zero-order valence-corrected chi connectivity index (χ0v) is 11.5. The number of rotatable bonds is 4. The van der Waals surface area contributed by atoms with Crippen molar-refractivity contribution in [2.45, 2.75) is 13.3 Å². The second-order valence-corrected chi connectivity index (χ2v) is 4.44. The fraction of sp³-hybridized carbons (Fsp3) is 0.125. The summed E-state index contributed by atoms with van der Waals surface area (Å²) in [5.41, 5.74) is 15.1. The number of hydrogen-bond acceptors (Lipinski definition) is 2. The zero-order chi connectivity index (χ0) is 14.4. The summed E-state index contributed by atoms with van der Waals surface area (Å²) in [5, 5.41) is 7.34. The number of benzene rings is 2. The SMILES string of the molecule is CCc1ccc(-c2ccc(C=NN=C(N)N)cc2)cc1. The minimum Gasteiger partial charge on any atom is -0.369 e. The van der Waals surface area contributed by atoms with E-state index >= 15 is 0 Å². The Labute approximate surface area is 118 Å². The molecule has 2 rings (SSSR count). The third kappa shape index (κ3) is 3.68. The third-order valence-corrected chi connectivity index (χ3v) is 2.99. The van der Waals surface area contributed by atoms with Crippen molar-refractivity contribution in [3.63, 3.8) is 0 Å². The summed E-state index contributed by atoms with van der Waals surface area (Å²) in [6.45, 7) is 2.15. The molecule has 0 atom stereocenters. The molecule has 0 heterocycles. The van der Waals surface area contributed by atoms with Gasteiger partial charge in [0.1, 0.15) is 0 Å². The lowest BCUT2D eigenvalue weighted by Crippen LogP contribution is -2.21. The van der Waals surface area contributed by atoms with Crippen molar-refractivity contribution in [2.24, 2.45) is 21.7 Å². The standard InChI is InChI=1S/C16H18N4/c1-2-12-3-7-14(8-4-12)15-9-5-13(6-10-15)11-19-20-16(17)18/h3-11H,2H2,1H3,(H4,17,18,20). The molecular weight excluding hydrogens is 248 g/mol. The van der Waals surface area contributed by atoms with Gasteiger partial charge in [-0.15, -0.1) is 5.10 Å². The molecule has 2 aromatic rings. The second kappa shape index (κ2) is 6.52. The Balaban J connectivity index is 2.14. The van der Waals surface area contributed by atoms with Gasteiger partial charge in [0.05, 0.1) is 6.21 Å². The predicted molar refractivity (Wildman–Crippen MR) is 84.7 cm³/mol. The predicted octanol–water partition coefficient (Wildman–Crippen LogP) is 2.52. The van der Waals surface area contributed by atoms with Crippen LogP contribution in [0.2, 0.25) is 0 Å². The lowest BCUT2D eigenvalue weighted by atomic mass is 10.0. The van der Waals surface area contributed by atoms with Gasteiger partial charge in [-0.3, -0.25) is 0 Å². The highest BCUT2D eigenvalue weighted by Gasteiger charge is 1.97. The Morgan fingerprint density at radius 1 is 0.950 bits per heavy atom. The highest BCUT2D eigenvalue weighted by Crippen LogP contribution is 2.20. The van der Waals surface area contributed by atoms with Crippen LogP contribution >= 0.6 is 0 Å². The zero-order valence-electron chi connectivity index (χ0n) is 11.5. The van der Waals surface area contributed by atoms with Gasteiger partial charge in [0.2, 0.25) is 5.96 Å². The van der Waals surface area contributed by atoms with Gasteiger partial charge in [-0.05, 0) is 28.7 Å². The maximum Gasteiger partial charge on any atom is 0.211 e. The molecule has 0 saturated carbocycles. The molecule has 4 heteroatoms. The van der Waals surface area contributed by atoms with Crippen LogP contribution in [0, 0.1) is 0 Å². The molecule has 4 nitrogen and oxygen atoms in total. The smallest absolute Gasteiger partial charge is 0.211 e. The number of guanidine groups is 1. The van der Waals surface area contributed by atoms with Gasteiger partial charge >= 0.3 is 0 Å². The molecule has 0 saturated heterocycles.